The standard InChI is InChI=1S/C27H28O2/c28-27(21-13-19-12-20(15-21)16-22(27)14-19)25-10-11-26(24-9-5-4-8-23(24)25)29-17-18-6-2-1-3-7-18/h1-11,19-22,28H,12-17H2. The Morgan fingerprint density at radius 3 is 2.03 bits per heavy atom. The van der Waals surface area contributed by atoms with Crippen LogP contribution >= 0.6 is 0 Å². The molecule has 0 aliphatic heterocycles. The van der Waals surface area contributed by atoms with Gasteiger partial charge in [0, 0.05) is 5.39 Å². The largest absolute Gasteiger partial charge is 0.488 e. The maximum Gasteiger partial charge on any atom is 0.127 e. The van der Waals surface area contributed by atoms with Gasteiger partial charge in [0.1, 0.15) is 12.4 Å². The molecule has 0 unspecified atom stereocenters. The maximum atomic E-state index is 12.1. The van der Waals surface area contributed by atoms with Gasteiger partial charge in [0.2, 0.25) is 0 Å². The summed E-state index contributed by atoms with van der Waals surface area (Å²) >= 11 is 0. The first-order valence-corrected chi connectivity index (χ1v) is 11.1. The molecule has 4 aliphatic carbocycles. The third-order valence-electron chi connectivity index (χ3n) is 7.94. The van der Waals surface area contributed by atoms with E-state index in [0.717, 1.165) is 33.9 Å². The molecule has 2 heteroatoms. The Kier molecular flexibility index (Phi) is 3.99. The number of fused-ring (bicyclic) bond motifs is 1. The number of benzene rings is 3. The molecule has 148 valence electrons. The van der Waals surface area contributed by atoms with Crippen LogP contribution in [0.4, 0.5) is 0 Å². The first-order chi connectivity index (χ1) is 14.2. The van der Waals surface area contributed by atoms with Crippen molar-refractivity contribution in [3.8, 4) is 5.75 Å². The monoisotopic (exact) mass is 384 g/mol. The summed E-state index contributed by atoms with van der Waals surface area (Å²) in [6, 6.07) is 23.0. The maximum absolute atomic E-state index is 12.1. The van der Waals surface area contributed by atoms with Crippen LogP contribution in [0.5, 0.6) is 5.75 Å². The van der Waals surface area contributed by atoms with Crippen LogP contribution in [0, 0.1) is 23.7 Å². The molecule has 0 saturated heterocycles. The van der Waals surface area contributed by atoms with E-state index in [0.29, 0.717) is 18.4 Å². The van der Waals surface area contributed by atoms with Crippen LogP contribution < -0.4 is 4.74 Å². The Balaban J connectivity index is 1.40. The Hall–Kier alpha value is -2.32. The minimum absolute atomic E-state index is 0.415. The minimum Gasteiger partial charge on any atom is -0.488 e. The summed E-state index contributed by atoms with van der Waals surface area (Å²) in [4.78, 5) is 0. The Bertz CT molecular complexity index is 1010. The van der Waals surface area contributed by atoms with Crippen molar-refractivity contribution in [2.24, 2.45) is 23.7 Å². The average Bonchev–Trinajstić information content (AvgIpc) is 2.76. The van der Waals surface area contributed by atoms with Crippen LogP contribution in [0.2, 0.25) is 0 Å². The number of aliphatic hydroxyl groups is 1. The van der Waals surface area contributed by atoms with Gasteiger partial charge in [-0.3, -0.25) is 0 Å². The van der Waals surface area contributed by atoms with E-state index in [-0.39, 0.29) is 0 Å². The summed E-state index contributed by atoms with van der Waals surface area (Å²) < 4.78 is 6.22. The number of ether oxygens (including phenoxy) is 1. The Labute approximate surface area is 172 Å². The number of hydrogen-bond donors (Lipinski definition) is 1. The second-order valence-electron chi connectivity index (χ2n) is 9.56. The molecule has 4 saturated carbocycles. The zero-order chi connectivity index (χ0) is 19.4. The zero-order valence-corrected chi connectivity index (χ0v) is 16.8. The van der Waals surface area contributed by atoms with Crippen molar-refractivity contribution in [2.45, 2.75) is 44.3 Å². The van der Waals surface area contributed by atoms with Crippen molar-refractivity contribution < 1.29 is 9.84 Å². The van der Waals surface area contributed by atoms with Crippen molar-refractivity contribution in [1.82, 2.24) is 0 Å². The first kappa shape index (κ1) is 17.5. The van der Waals surface area contributed by atoms with Gasteiger partial charge >= 0.3 is 0 Å². The highest BCUT2D eigenvalue weighted by Gasteiger charge is 2.57. The summed E-state index contributed by atoms with van der Waals surface area (Å²) in [5, 5.41) is 14.4. The molecular weight excluding hydrogens is 356 g/mol. The van der Waals surface area contributed by atoms with E-state index >= 15 is 0 Å². The normalized spacial score (nSPS) is 32.6. The molecule has 0 aromatic heterocycles. The fraction of sp³-hybridized carbons (Fsp3) is 0.407. The van der Waals surface area contributed by atoms with Gasteiger partial charge in [-0.15, -0.1) is 0 Å². The first-order valence-electron chi connectivity index (χ1n) is 11.1. The molecule has 0 spiro atoms. The quantitative estimate of drug-likeness (QED) is 0.592. The third-order valence-corrected chi connectivity index (χ3v) is 7.94. The lowest BCUT2D eigenvalue weighted by molar-refractivity contribution is -0.178. The van der Waals surface area contributed by atoms with Gasteiger partial charge in [-0.25, -0.2) is 0 Å². The van der Waals surface area contributed by atoms with Crippen LogP contribution in [-0.2, 0) is 12.2 Å². The Morgan fingerprint density at radius 2 is 1.34 bits per heavy atom. The number of rotatable bonds is 4. The molecule has 3 aromatic carbocycles. The molecule has 0 radical (unpaired) electrons. The summed E-state index contributed by atoms with van der Waals surface area (Å²) in [5.41, 5.74) is 1.62. The second-order valence-corrected chi connectivity index (χ2v) is 9.56. The molecule has 0 atom stereocenters. The van der Waals surface area contributed by atoms with Crippen LogP contribution in [0.1, 0.15) is 43.2 Å². The molecule has 2 nitrogen and oxygen atoms in total. The molecule has 0 heterocycles. The van der Waals surface area contributed by atoms with Crippen LogP contribution in [0.3, 0.4) is 0 Å². The van der Waals surface area contributed by atoms with Gasteiger partial charge in [-0.2, -0.15) is 0 Å². The van der Waals surface area contributed by atoms with E-state index in [1.807, 2.05) is 18.2 Å². The van der Waals surface area contributed by atoms with Gasteiger partial charge in [-0.05, 0) is 78.4 Å². The SMILES string of the molecule is OC1(c2ccc(OCc3ccccc3)c3ccccc23)C2CC3CC(C2)CC1C3. The van der Waals surface area contributed by atoms with Crippen LogP contribution in [0.15, 0.2) is 66.7 Å². The van der Waals surface area contributed by atoms with Crippen LogP contribution in [0.25, 0.3) is 10.8 Å². The van der Waals surface area contributed by atoms with E-state index in [1.165, 1.54) is 37.7 Å². The number of hydrogen-bond acceptors (Lipinski definition) is 2. The smallest absolute Gasteiger partial charge is 0.127 e. The molecule has 0 amide bonds. The summed E-state index contributed by atoms with van der Waals surface area (Å²) in [6.45, 7) is 0.559. The summed E-state index contributed by atoms with van der Waals surface area (Å²) in [5.74, 6) is 3.42. The second kappa shape index (κ2) is 6.60. The molecule has 4 bridgehead atoms. The highest BCUT2D eigenvalue weighted by atomic mass is 16.5. The van der Waals surface area contributed by atoms with E-state index in [9.17, 15) is 5.11 Å². The molecular formula is C27H28O2. The lowest BCUT2D eigenvalue weighted by Crippen LogP contribution is -2.55. The van der Waals surface area contributed by atoms with E-state index in [4.69, 9.17) is 4.74 Å². The van der Waals surface area contributed by atoms with E-state index in [2.05, 4.69) is 48.5 Å². The van der Waals surface area contributed by atoms with Crippen molar-refractivity contribution >= 4 is 10.8 Å². The highest BCUT2D eigenvalue weighted by molar-refractivity contribution is 5.91. The van der Waals surface area contributed by atoms with E-state index in [1.54, 1.807) is 0 Å². The highest BCUT2D eigenvalue weighted by Crippen LogP contribution is 2.62. The molecule has 7 rings (SSSR count). The minimum atomic E-state index is -0.676. The fourth-order valence-corrected chi connectivity index (χ4v) is 6.82. The molecule has 1 N–H and O–H groups in total. The topological polar surface area (TPSA) is 29.5 Å². The van der Waals surface area contributed by atoms with Gasteiger partial charge < -0.3 is 9.84 Å². The Morgan fingerprint density at radius 1 is 0.724 bits per heavy atom. The summed E-state index contributed by atoms with van der Waals surface area (Å²) in [7, 11) is 0. The molecule has 4 fully saturated rings. The third kappa shape index (κ3) is 2.73. The zero-order valence-electron chi connectivity index (χ0n) is 16.8. The van der Waals surface area contributed by atoms with E-state index < -0.39 is 5.60 Å². The molecule has 4 aliphatic rings. The lowest BCUT2D eigenvalue weighted by atomic mass is 9.48. The fourth-order valence-electron chi connectivity index (χ4n) is 6.82. The lowest BCUT2D eigenvalue weighted by Gasteiger charge is -2.59. The summed E-state index contributed by atoms with van der Waals surface area (Å²) in [6.07, 6.45) is 6.19. The van der Waals surface area contributed by atoms with Gasteiger partial charge in [0.25, 0.3) is 0 Å². The van der Waals surface area contributed by atoms with Gasteiger partial charge in [0.15, 0.2) is 0 Å². The van der Waals surface area contributed by atoms with Gasteiger partial charge in [0.05, 0.1) is 5.60 Å². The van der Waals surface area contributed by atoms with Crippen LogP contribution in [-0.4, -0.2) is 5.11 Å². The van der Waals surface area contributed by atoms with Crippen molar-refractivity contribution in [2.75, 3.05) is 0 Å². The van der Waals surface area contributed by atoms with Crippen molar-refractivity contribution in [1.29, 1.82) is 0 Å². The van der Waals surface area contributed by atoms with Crippen molar-refractivity contribution in [3.63, 3.8) is 0 Å². The predicted octanol–water partition coefficient (Wildman–Crippen LogP) is 6.06. The molecule has 29 heavy (non-hydrogen) atoms. The predicted molar refractivity (Wildman–Crippen MR) is 116 cm³/mol. The molecule has 3 aromatic rings. The van der Waals surface area contributed by atoms with Gasteiger partial charge in [-0.1, -0.05) is 60.7 Å². The van der Waals surface area contributed by atoms with Crippen molar-refractivity contribution in [3.05, 3.63) is 77.9 Å². The average molecular weight is 385 g/mol.